The summed E-state index contributed by atoms with van der Waals surface area (Å²) in [4.78, 5) is 0. The van der Waals surface area contributed by atoms with Gasteiger partial charge in [-0.3, -0.25) is 0 Å². The number of aromatic nitrogens is 1. The molecule has 1 aromatic heterocycles. The number of rotatable bonds is 3. The molecule has 0 fully saturated rings. The number of fused-ring (bicyclic) bond motifs is 6. The molecule has 1 heterocycles. The fourth-order valence-electron chi connectivity index (χ4n) is 6.79. The minimum absolute atomic E-state index is 0. The fourth-order valence-corrected chi connectivity index (χ4v) is 6.79. The number of benzene rings is 6. The van der Waals surface area contributed by atoms with Crippen LogP contribution >= 0.6 is 0 Å². The maximum Gasteiger partial charge on any atom is 0.0714 e. The van der Waals surface area contributed by atoms with Gasteiger partial charge >= 0.3 is 0 Å². The van der Waals surface area contributed by atoms with Crippen LogP contribution in [0.15, 0.2) is 152 Å². The monoisotopic (exact) mass is 499 g/mol. The molecule has 39 heavy (non-hydrogen) atoms. The Kier molecular flexibility index (Phi) is 5.28. The van der Waals surface area contributed by atoms with E-state index in [1.54, 1.807) is 0 Å². The van der Waals surface area contributed by atoms with Crippen molar-refractivity contribution in [1.82, 2.24) is 4.57 Å². The number of hydrogen-bond donors (Lipinski definition) is 0. The topological polar surface area (TPSA) is 4.93 Å². The Bertz CT molecular complexity index is 1880. The summed E-state index contributed by atoms with van der Waals surface area (Å²) in [6, 6.07) is 55.5. The van der Waals surface area contributed by atoms with Gasteiger partial charge in [-0.05, 0) is 57.6 Å². The largest absolute Gasteiger partial charge is 0.309 e. The average Bonchev–Trinajstić information content (AvgIpc) is 3.49. The standard InChI is InChI=1S/C37H25N.CH4/c1-2-13-26(14-3-1)37(33-21-8-4-17-29(33)30-18-5-9-22-34(30)37)27-15-12-16-28(25-27)38-35-23-10-6-19-31(35)32-20-7-11-24-36(32)38;/h1-25H;1H4. The summed E-state index contributed by atoms with van der Waals surface area (Å²) in [6.07, 6.45) is 0. The van der Waals surface area contributed by atoms with Crippen molar-refractivity contribution in [2.75, 3.05) is 0 Å². The van der Waals surface area contributed by atoms with Crippen molar-refractivity contribution >= 4 is 21.8 Å². The predicted octanol–water partition coefficient (Wildman–Crippen LogP) is 9.78. The lowest BCUT2D eigenvalue weighted by Gasteiger charge is -2.34. The summed E-state index contributed by atoms with van der Waals surface area (Å²) < 4.78 is 2.42. The van der Waals surface area contributed by atoms with Crippen molar-refractivity contribution in [3.63, 3.8) is 0 Å². The molecule has 0 atom stereocenters. The third-order valence-electron chi connectivity index (χ3n) is 8.28. The van der Waals surface area contributed by atoms with Crippen molar-refractivity contribution in [3.8, 4) is 16.8 Å². The van der Waals surface area contributed by atoms with Gasteiger partial charge in [-0.25, -0.2) is 0 Å². The van der Waals surface area contributed by atoms with E-state index in [0.29, 0.717) is 0 Å². The van der Waals surface area contributed by atoms with Crippen LogP contribution in [-0.4, -0.2) is 4.57 Å². The van der Waals surface area contributed by atoms with Crippen LogP contribution in [0.4, 0.5) is 0 Å². The minimum atomic E-state index is -0.400. The first kappa shape index (κ1) is 23.3. The van der Waals surface area contributed by atoms with E-state index >= 15 is 0 Å². The highest BCUT2D eigenvalue weighted by atomic mass is 15.0. The molecule has 0 spiro atoms. The number of para-hydroxylation sites is 2. The first-order chi connectivity index (χ1) is 18.9. The van der Waals surface area contributed by atoms with Gasteiger partial charge in [0.2, 0.25) is 0 Å². The van der Waals surface area contributed by atoms with Gasteiger partial charge in [-0.1, -0.05) is 135 Å². The highest BCUT2D eigenvalue weighted by Gasteiger charge is 2.45. The van der Waals surface area contributed by atoms with Crippen LogP contribution in [0, 0.1) is 0 Å². The van der Waals surface area contributed by atoms with E-state index in [4.69, 9.17) is 0 Å². The van der Waals surface area contributed by atoms with E-state index in [1.165, 1.54) is 60.9 Å². The molecule has 7 aromatic rings. The molecule has 1 heteroatoms. The van der Waals surface area contributed by atoms with Crippen LogP contribution in [-0.2, 0) is 5.41 Å². The maximum atomic E-state index is 2.42. The van der Waals surface area contributed by atoms with Gasteiger partial charge in [-0.15, -0.1) is 0 Å². The van der Waals surface area contributed by atoms with E-state index < -0.39 is 5.41 Å². The summed E-state index contributed by atoms with van der Waals surface area (Å²) >= 11 is 0. The molecule has 6 aromatic carbocycles. The Balaban J connectivity index is 0.00000253. The highest BCUT2D eigenvalue weighted by Crippen LogP contribution is 2.56. The fraction of sp³-hybridized carbons (Fsp3) is 0.0526. The van der Waals surface area contributed by atoms with Gasteiger partial charge in [0, 0.05) is 16.5 Å². The van der Waals surface area contributed by atoms with Crippen molar-refractivity contribution in [3.05, 3.63) is 174 Å². The third kappa shape index (κ3) is 3.14. The minimum Gasteiger partial charge on any atom is -0.309 e. The van der Waals surface area contributed by atoms with E-state index in [1.807, 2.05) is 0 Å². The van der Waals surface area contributed by atoms with Crippen LogP contribution < -0.4 is 0 Å². The molecule has 0 saturated carbocycles. The van der Waals surface area contributed by atoms with Gasteiger partial charge in [0.15, 0.2) is 0 Å². The molecule has 1 aliphatic carbocycles. The van der Waals surface area contributed by atoms with Gasteiger partial charge in [0.1, 0.15) is 0 Å². The summed E-state index contributed by atoms with van der Waals surface area (Å²) in [5, 5.41) is 2.56. The summed E-state index contributed by atoms with van der Waals surface area (Å²) in [5.74, 6) is 0. The van der Waals surface area contributed by atoms with Crippen LogP contribution in [0.1, 0.15) is 29.7 Å². The van der Waals surface area contributed by atoms with E-state index in [0.717, 1.165) is 0 Å². The highest BCUT2D eigenvalue weighted by molar-refractivity contribution is 6.09. The Morgan fingerprint density at radius 1 is 0.410 bits per heavy atom. The van der Waals surface area contributed by atoms with Crippen molar-refractivity contribution in [1.29, 1.82) is 0 Å². The molecule has 0 aliphatic heterocycles. The normalized spacial score (nSPS) is 13.1. The Hall–Kier alpha value is -4.88. The summed E-state index contributed by atoms with van der Waals surface area (Å²) in [5.41, 5.74) is 11.1. The van der Waals surface area contributed by atoms with Gasteiger partial charge in [0.05, 0.1) is 16.4 Å². The zero-order valence-electron chi connectivity index (χ0n) is 20.9. The lowest BCUT2D eigenvalue weighted by Crippen LogP contribution is -2.28. The second-order valence-corrected chi connectivity index (χ2v) is 10.1. The van der Waals surface area contributed by atoms with E-state index in [-0.39, 0.29) is 7.43 Å². The number of hydrogen-bond acceptors (Lipinski definition) is 0. The Morgan fingerprint density at radius 2 is 0.897 bits per heavy atom. The third-order valence-corrected chi connectivity index (χ3v) is 8.28. The molecule has 1 nitrogen and oxygen atoms in total. The lowest BCUT2D eigenvalue weighted by atomic mass is 9.67. The van der Waals surface area contributed by atoms with E-state index in [9.17, 15) is 0 Å². The molecule has 0 unspecified atom stereocenters. The maximum absolute atomic E-state index is 2.42. The zero-order valence-corrected chi connectivity index (χ0v) is 20.9. The van der Waals surface area contributed by atoms with Gasteiger partial charge < -0.3 is 4.57 Å². The zero-order chi connectivity index (χ0) is 25.1. The predicted molar refractivity (Wildman–Crippen MR) is 165 cm³/mol. The molecule has 0 radical (unpaired) electrons. The Morgan fingerprint density at radius 3 is 1.51 bits per heavy atom. The molecule has 8 rings (SSSR count). The van der Waals surface area contributed by atoms with E-state index in [2.05, 4.69) is 156 Å². The molecular formula is C38H29N. The van der Waals surface area contributed by atoms with Crippen LogP contribution in [0.3, 0.4) is 0 Å². The van der Waals surface area contributed by atoms with Crippen molar-refractivity contribution < 1.29 is 0 Å². The van der Waals surface area contributed by atoms with Crippen molar-refractivity contribution in [2.45, 2.75) is 12.8 Å². The SMILES string of the molecule is C.c1ccc(C2(c3cccc(-n4c5ccccc5c5ccccc54)c3)c3ccccc3-c3ccccc32)cc1. The summed E-state index contributed by atoms with van der Waals surface area (Å²) in [7, 11) is 0. The first-order valence-corrected chi connectivity index (χ1v) is 13.2. The molecule has 0 N–H and O–H groups in total. The van der Waals surface area contributed by atoms with Gasteiger partial charge in [-0.2, -0.15) is 0 Å². The smallest absolute Gasteiger partial charge is 0.0714 e. The summed E-state index contributed by atoms with van der Waals surface area (Å²) in [6.45, 7) is 0. The molecular weight excluding hydrogens is 470 g/mol. The molecule has 0 saturated heterocycles. The molecule has 186 valence electrons. The van der Waals surface area contributed by atoms with Crippen LogP contribution in [0.2, 0.25) is 0 Å². The first-order valence-electron chi connectivity index (χ1n) is 13.2. The lowest BCUT2D eigenvalue weighted by molar-refractivity contribution is 0.767. The number of nitrogens with zero attached hydrogens (tertiary/aromatic N) is 1. The van der Waals surface area contributed by atoms with Gasteiger partial charge in [0.25, 0.3) is 0 Å². The Labute approximate surface area is 229 Å². The molecule has 0 bridgehead atoms. The second-order valence-electron chi connectivity index (χ2n) is 10.1. The second kappa shape index (κ2) is 8.85. The van der Waals surface area contributed by atoms with Crippen LogP contribution in [0.5, 0.6) is 0 Å². The quantitative estimate of drug-likeness (QED) is 0.228. The van der Waals surface area contributed by atoms with Crippen molar-refractivity contribution in [2.24, 2.45) is 0 Å². The average molecular weight is 500 g/mol. The van der Waals surface area contributed by atoms with Crippen LogP contribution in [0.25, 0.3) is 38.6 Å². The molecule has 0 amide bonds. The molecule has 1 aliphatic rings.